The van der Waals surface area contributed by atoms with Crippen molar-refractivity contribution in [2.45, 2.75) is 51.5 Å². The monoisotopic (exact) mass is 255 g/mol. The van der Waals surface area contributed by atoms with E-state index in [4.69, 9.17) is 17.0 Å². The van der Waals surface area contributed by atoms with Crippen LogP contribution < -0.4 is 0 Å². The molecular weight excluding hydrogens is 234 g/mol. The maximum absolute atomic E-state index is 5.55. The Hall–Kier alpha value is -0.680. The summed E-state index contributed by atoms with van der Waals surface area (Å²) in [6.45, 7) is 4.79. The van der Waals surface area contributed by atoms with E-state index in [1.54, 1.807) is 0 Å². The second-order valence-corrected chi connectivity index (χ2v) is 5.02. The van der Waals surface area contributed by atoms with Crippen LogP contribution in [0.4, 0.5) is 0 Å². The summed E-state index contributed by atoms with van der Waals surface area (Å²) < 4.78 is 8.44. The highest BCUT2D eigenvalue weighted by Crippen LogP contribution is 2.38. The summed E-state index contributed by atoms with van der Waals surface area (Å²) in [6, 6.07) is 0. The average molecular weight is 255 g/mol. The quantitative estimate of drug-likeness (QED) is 0.573. The zero-order valence-corrected chi connectivity index (χ0v) is 11.3. The highest BCUT2D eigenvalue weighted by atomic mass is 32.1. The molecule has 1 aliphatic rings. The predicted octanol–water partition coefficient (Wildman–Crippen LogP) is 3.02. The second kappa shape index (κ2) is 6.31. The number of aromatic nitrogens is 3. The molecule has 0 spiro atoms. The Morgan fingerprint density at radius 3 is 2.88 bits per heavy atom. The minimum atomic E-state index is 0.643. The first kappa shape index (κ1) is 12.8. The Balaban J connectivity index is 1.74. The zero-order chi connectivity index (χ0) is 12.1. The van der Waals surface area contributed by atoms with Crippen molar-refractivity contribution in [3.8, 4) is 0 Å². The number of ether oxygens (including phenoxy) is 1. The van der Waals surface area contributed by atoms with Crippen LogP contribution in [-0.2, 0) is 11.3 Å². The molecule has 0 aromatic carbocycles. The van der Waals surface area contributed by atoms with E-state index in [-0.39, 0.29) is 0 Å². The minimum Gasteiger partial charge on any atom is -0.381 e. The molecule has 0 bridgehead atoms. The van der Waals surface area contributed by atoms with E-state index >= 15 is 0 Å². The molecule has 0 aliphatic heterocycles. The Labute approximate surface area is 107 Å². The summed E-state index contributed by atoms with van der Waals surface area (Å²) >= 11 is 5.24. The highest BCUT2D eigenvalue weighted by Gasteiger charge is 2.28. The van der Waals surface area contributed by atoms with E-state index < -0.39 is 0 Å². The van der Waals surface area contributed by atoms with Crippen LogP contribution >= 0.6 is 12.2 Å². The van der Waals surface area contributed by atoms with Gasteiger partial charge in [-0.05, 0) is 37.9 Å². The molecule has 1 aliphatic carbocycles. The van der Waals surface area contributed by atoms with Gasteiger partial charge in [-0.1, -0.05) is 13.3 Å². The summed E-state index contributed by atoms with van der Waals surface area (Å²) in [7, 11) is 0. The molecule has 4 nitrogen and oxygen atoms in total. The van der Waals surface area contributed by atoms with Crippen molar-refractivity contribution in [2.24, 2.45) is 0 Å². The van der Waals surface area contributed by atoms with Crippen molar-refractivity contribution >= 4 is 12.2 Å². The Kier molecular flexibility index (Phi) is 4.74. The van der Waals surface area contributed by atoms with Gasteiger partial charge in [0.1, 0.15) is 5.82 Å². The number of H-pyrrole nitrogens is 1. The molecule has 17 heavy (non-hydrogen) atoms. The fraction of sp³-hybridized carbons (Fsp3) is 0.833. The van der Waals surface area contributed by atoms with Crippen LogP contribution in [0.25, 0.3) is 0 Å². The molecule has 0 amide bonds. The molecule has 1 N–H and O–H groups in total. The van der Waals surface area contributed by atoms with Gasteiger partial charge in [-0.15, -0.1) is 0 Å². The van der Waals surface area contributed by atoms with Crippen molar-refractivity contribution in [3.05, 3.63) is 10.6 Å². The zero-order valence-electron chi connectivity index (χ0n) is 10.4. The van der Waals surface area contributed by atoms with E-state index in [2.05, 4.69) is 21.7 Å². The van der Waals surface area contributed by atoms with Crippen molar-refractivity contribution in [1.29, 1.82) is 0 Å². The lowest BCUT2D eigenvalue weighted by atomic mass is 10.3. The normalized spacial score (nSPS) is 15.4. The van der Waals surface area contributed by atoms with Gasteiger partial charge in [0.05, 0.1) is 0 Å². The average Bonchev–Trinajstić information content (AvgIpc) is 3.10. The first-order chi connectivity index (χ1) is 8.33. The molecule has 1 saturated carbocycles. The van der Waals surface area contributed by atoms with Crippen LogP contribution in [0.2, 0.25) is 0 Å². The molecule has 1 heterocycles. The predicted molar refractivity (Wildman–Crippen MR) is 69.7 cm³/mol. The molecule has 96 valence electrons. The smallest absolute Gasteiger partial charge is 0.195 e. The number of hydrogen-bond acceptors (Lipinski definition) is 3. The van der Waals surface area contributed by atoms with Crippen LogP contribution in [0.15, 0.2) is 0 Å². The van der Waals surface area contributed by atoms with E-state index in [1.165, 1.54) is 19.3 Å². The minimum absolute atomic E-state index is 0.643. The Morgan fingerprint density at radius 2 is 2.18 bits per heavy atom. The summed E-state index contributed by atoms with van der Waals surface area (Å²) in [6.07, 6.45) is 5.87. The largest absolute Gasteiger partial charge is 0.381 e. The molecule has 1 aromatic heterocycles. The van der Waals surface area contributed by atoms with E-state index in [0.29, 0.717) is 5.92 Å². The van der Waals surface area contributed by atoms with E-state index in [9.17, 15) is 0 Å². The maximum Gasteiger partial charge on any atom is 0.195 e. The summed E-state index contributed by atoms with van der Waals surface area (Å²) in [5.74, 6) is 1.78. The number of unbranched alkanes of at least 4 members (excludes halogenated alkanes) is 1. The molecule has 0 saturated heterocycles. The van der Waals surface area contributed by atoms with Gasteiger partial charge in [-0.25, -0.2) is 0 Å². The van der Waals surface area contributed by atoms with Gasteiger partial charge >= 0.3 is 0 Å². The molecule has 1 aromatic rings. The molecule has 0 atom stereocenters. The van der Waals surface area contributed by atoms with Crippen LogP contribution in [0.3, 0.4) is 0 Å². The first-order valence-corrected chi connectivity index (χ1v) is 6.96. The van der Waals surface area contributed by atoms with Gasteiger partial charge in [0.15, 0.2) is 4.77 Å². The Morgan fingerprint density at radius 1 is 1.41 bits per heavy atom. The summed E-state index contributed by atoms with van der Waals surface area (Å²) in [5.41, 5.74) is 0. The highest BCUT2D eigenvalue weighted by molar-refractivity contribution is 7.71. The first-order valence-electron chi connectivity index (χ1n) is 6.55. The van der Waals surface area contributed by atoms with Crippen molar-refractivity contribution in [1.82, 2.24) is 14.8 Å². The molecule has 0 unspecified atom stereocenters. The molecule has 0 radical (unpaired) electrons. The lowest BCUT2D eigenvalue weighted by molar-refractivity contribution is 0.125. The third-order valence-electron chi connectivity index (χ3n) is 3.04. The van der Waals surface area contributed by atoms with Crippen molar-refractivity contribution in [3.63, 3.8) is 0 Å². The lowest BCUT2D eigenvalue weighted by Gasteiger charge is -2.06. The third kappa shape index (κ3) is 3.64. The third-order valence-corrected chi connectivity index (χ3v) is 3.35. The molecule has 2 rings (SSSR count). The van der Waals surface area contributed by atoms with E-state index in [0.717, 1.165) is 43.2 Å². The summed E-state index contributed by atoms with van der Waals surface area (Å²) in [4.78, 5) is 0. The fourth-order valence-electron chi connectivity index (χ4n) is 1.87. The topological polar surface area (TPSA) is 42.8 Å². The van der Waals surface area contributed by atoms with Gasteiger partial charge in [0.2, 0.25) is 0 Å². The number of aromatic amines is 1. The number of nitrogens with one attached hydrogen (secondary N) is 1. The van der Waals surface area contributed by atoms with Crippen molar-refractivity contribution in [2.75, 3.05) is 13.2 Å². The van der Waals surface area contributed by atoms with Gasteiger partial charge in [0.25, 0.3) is 0 Å². The van der Waals surface area contributed by atoms with Crippen LogP contribution in [0.1, 0.15) is 50.8 Å². The van der Waals surface area contributed by atoms with Crippen molar-refractivity contribution < 1.29 is 4.74 Å². The van der Waals surface area contributed by atoms with Gasteiger partial charge in [0, 0.05) is 25.7 Å². The lowest BCUT2D eigenvalue weighted by Crippen LogP contribution is -2.06. The molecule has 5 heteroatoms. The molecule has 1 fully saturated rings. The second-order valence-electron chi connectivity index (χ2n) is 4.63. The standard InChI is InChI=1S/C12H21N3OS/c1-2-3-8-16-9-4-7-15-11(10-5-6-10)13-14-12(15)17/h10H,2-9H2,1H3,(H,14,17). The number of hydrogen-bond donors (Lipinski definition) is 1. The SMILES string of the molecule is CCCCOCCCn1c(C2CC2)n[nH]c1=S. The molecular formula is C12H21N3OS. The number of nitrogens with zero attached hydrogens (tertiary/aromatic N) is 2. The summed E-state index contributed by atoms with van der Waals surface area (Å²) in [5, 5.41) is 7.21. The van der Waals surface area contributed by atoms with Crippen LogP contribution in [-0.4, -0.2) is 28.0 Å². The van der Waals surface area contributed by atoms with Crippen LogP contribution in [0.5, 0.6) is 0 Å². The number of rotatable bonds is 8. The Bertz CT molecular complexity index is 395. The van der Waals surface area contributed by atoms with Gasteiger partial charge in [-0.3, -0.25) is 5.10 Å². The van der Waals surface area contributed by atoms with E-state index in [1.807, 2.05) is 0 Å². The van der Waals surface area contributed by atoms with Gasteiger partial charge in [-0.2, -0.15) is 5.10 Å². The fourth-order valence-corrected chi connectivity index (χ4v) is 2.10. The van der Waals surface area contributed by atoms with Crippen LogP contribution in [0, 0.1) is 4.77 Å². The van der Waals surface area contributed by atoms with Gasteiger partial charge < -0.3 is 9.30 Å². The maximum atomic E-state index is 5.55.